The molecule has 1 amide bonds. The van der Waals surface area contributed by atoms with Crippen LogP contribution in [0.4, 0.5) is 0 Å². The number of rotatable bonds is 3. The highest BCUT2D eigenvalue weighted by Crippen LogP contribution is 2.17. The summed E-state index contributed by atoms with van der Waals surface area (Å²) >= 11 is 0. The number of hydrazine groups is 1. The molecule has 0 spiro atoms. The van der Waals surface area contributed by atoms with Crippen LogP contribution in [0, 0.1) is 0 Å². The second kappa shape index (κ2) is 4.88. The number of pyridine rings is 2. The van der Waals surface area contributed by atoms with Crippen molar-refractivity contribution in [3.63, 3.8) is 0 Å². The van der Waals surface area contributed by atoms with Crippen molar-refractivity contribution in [2.24, 2.45) is 5.84 Å². The predicted molar refractivity (Wildman–Crippen MR) is 65.2 cm³/mol. The predicted octanol–water partition coefficient (Wildman–Crippen LogP) is 1.19. The number of aromatic nitrogens is 2. The lowest BCUT2D eigenvalue weighted by molar-refractivity contribution is 0.0949. The van der Waals surface area contributed by atoms with E-state index in [-0.39, 0.29) is 5.91 Å². The second-order valence-electron chi connectivity index (χ2n) is 3.79. The van der Waals surface area contributed by atoms with Gasteiger partial charge in [0.25, 0.3) is 5.91 Å². The van der Waals surface area contributed by atoms with Gasteiger partial charge in [0.05, 0.1) is 5.52 Å². The maximum atomic E-state index is 11.4. The number of hydrogen-bond donors (Lipinski definition) is 2. The Morgan fingerprint density at radius 2 is 2.24 bits per heavy atom. The lowest BCUT2D eigenvalue weighted by Crippen LogP contribution is -2.30. The molecule has 2 rings (SSSR count). The average Bonchev–Trinajstić information content (AvgIpc) is 2.38. The number of hydrogen-bond acceptors (Lipinski definition) is 4. The van der Waals surface area contributed by atoms with Crippen LogP contribution in [0.15, 0.2) is 24.5 Å². The molecule has 0 saturated heterocycles. The van der Waals surface area contributed by atoms with Gasteiger partial charge in [0, 0.05) is 17.8 Å². The zero-order valence-corrected chi connectivity index (χ0v) is 9.60. The van der Waals surface area contributed by atoms with Crippen LogP contribution in [-0.2, 0) is 6.42 Å². The summed E-state index contributed by atoms with van der Waals surface area (Å²) in [5.74, 6) is 4.71. The molecule has 0 unspecified atom stereocenters. The molecule has 0 fully saturated rings. The van der Waals surface area contributed by atoms with E-state index in [4.69, 9.17) is 5.84 Å². The number of nitrogen functional groups attached to an aromatic ring is 1. The first-order valence-corrected chi connectivity index (χ1v) is 5.51. The van der Waals surface area contributed by atoms with Crippen molar-refractivity contribution < 1.29 is 4.79 Å². The van der Waals surface area contributed by atoms with Crippen LogP contribution in [0.2, 0.25) is 0 Å². The molecule has 0 aliphatic heterocycles. The molecule has 17 heavy (non-hydrogen) atoms. The Hall–Kier alpha value is -2.01. The van der Waals surface area contributed by atoms with Gasteiger partial charge in [0.1, 0.15) is 5.69 Å². The summed E-state index contributed by atoms with van der Waals surface area (Å²) in [7, 11) is 0. The standard InChI is InChI=1S/C12H14N4O/c1-2-3-8-6-14-7-9-4-5-10(12(17)16-13)15-11(8)9/h4-7H,2-3,13H2,1H3,(H,16,17). The van der Waals surface area contributed by atoms with E-state index >= 15 is 0 Å². The third-order valence-electron chi connectivity index (χ3n) is 2.56. The molecular formula is C12H14N4O. The van der Waals surface area contributed by atoms with Gasteiger partial charge in [-0.1, -0.05) is 13.3 Å². The quantitative estimate of drug-likeness (QED) is 0.471. The van der Waals surface area contributed by atoms with E-state index in [1.165, 1.54) is 0 Å². The summed E-state index contributed by atoms with van der Waals surface area (Å²) in [6, 6.07) is 3.47. The molecule has 0 saturated carbocycles. The van der Waals surface area contributed by atoms with Gasteiger partial charge in [-0.05, 0) is 24.1 Å². The van der Waals surface area contributed by atoms with Crippen LogP contribution in [0.1, 0.15) is 29.4 Å². The smallest absolute Gasteiger partial charge is 0.283 e. The maximum Gasteiger partial charge on any atom is 0.283 e. The number of amides is 1. The number of nitrogens with two attached hydrogens (primary N) is 1. The Morgan fingerprint density at radius 1 is 1.41 bits per heavy atom. The highest BCUT2D eigenvalue weighted by atomic mass is 16.2. The van der Waals surface area contributed by atoms with Crippen molar-refractivity contribution in [3.8, 4) is 0 Å². The van der Waals surface area contributed by atoms with Crippen molar-refractivity contribution >= 4 is 16.8 Å². The van der Waals surface area contributed by atoms with E-state index in [0.29, 0.717) is 5.69 Å². The first-order chi connectivity index (χ1) is 8.26. The Kier molecular flexibility index (Phi) is 3.30. The minimum atomic E-state index is -0.383. The molecule has 0 aliphatic rings. The summed E-state index contributed by atoms with van der Waals surface area (Å²) in [6.45, 7) is 2.09. The van der Waals surface area contributed by atoms with E-state index < -0.39 is 0 Å². The Bertz CT molecular complexity index is 553. The fourth-order valence-electron chi connectivity index (χ4n) is 1.75. The Balaban J connectivity index is 2.57. The topological polar surface area (TPSA) is 80.9 Å². The van der Waals surface area contributed by atoms with Crippen LogP contribution < -0.4 is 11.3 Å². The lowest BCUT2D eigenvalue weighted by atomic mass is 10.1. The van der Waals surface area contributed by atoms with Gasteiger partial charge >= 0.3 is 0 Å². The molecule has 2 aromatic heterocycles. The van der Waals surface area contributed by atoms with Gasteiger partial charge in [0.2, 0.25) is 0 Å². The normalized spacial score (nSPS) is 10.5. The monoisotopic (exact) mass is 230 g/mol. The number of aryl methyl sites for hydroxylation is 1. The first kappa shape index (κ1) is 11.5. The number of nitrogens with one attached hydrogen (secondary N) is 1. The molecule has 0 bridgehead atoms. The van der Waals surface area contributed by atoms with Crippen LogP contribution in [0.3, 0.4) is 0 Å². The lowest BCUT2D eigenvalue weighted by Gasteiger charge is -2.05. The molecule has 5 heteroatoms. The van der Waals surface area contributed by atoms with E-state index in [2.05, 4.69) is 22.3 Å². The molecule has 0 aliphatic carbocycles. The third-order valence-corrected chi connectivity index (χ3v) is 2.56. The second-order valence-corrected chi connectivity index (χ2v) is 3.79. The number of fused-ring (bicyclic) bond motifs is 1. The van der Waals surface area contributed by atoms with Crippen LogP contribution in [0.25, 0.3) is 10.9 Å². The Labute approximate surface area is 99.0 Å². The Morgan fingerprint density at radius 3 is 2.94 bits per heavy atom. The van der Waals surface area contributed by atoms with Crippen molar-refractivity contribution in [1.29, 1.82) is 0 Å². The largest absolute Gasteiger partial charge is 0.289 e. The van der Waals surface area contributed by atoms with Crippen molar-refractivity contribution in [3.05, 3.63) is 35.8 Å². The van der Waals surface area contributed by atoms with Gasteiger partial charge in [-0.3, -0.25) is 15.2 Å². The summed E-state index contributed by atoms with van der Waals surface area (Å²) in [5.41, 5.74) is 4.28. The number of carbonyl (C=O) groups is 1. The minimum Gasteiger partial charge on any atom is -0.289 e. The van der Waals surface area contributed by atoms with Crippen LogP contribution >= 0.6 is 0 Å². The van der Waals surface area contributed by atoms with Crippen molar-refractivity contribution in [1.82, 2.24) is 15.4 Å². The third kappa shape index (κ3) is 2.24. The van der Waals surface area contributed by atoms with Crippen LogP contribution in [0.5, 0.6) is 0 Å². The molecule has 0 atom stereocenters. The maximum absolute atomic E-state index is 11.4. The summed E-state index contributed by atoms with van der Waals surface area (Å²) in [5, 5.41) is 0.935. The molecule has 88 valence electrons. The molecule has 2 heterocycles. The van der Waals surface area contributed by atoms with Gasteiger partial charge in [-0.15, -0.1) is 0 Å². The van der Waals surface area contributed by atoms with Crippen LogP contribution in [-0.4, -0.2) is 15.9 Å². The summed E-state index contributed by atoms with van der Waals surface area (Å²) in [4.78, 5) is 19.9. The molecule has 0 aromatic carbocycles. The molecule has 3 N–H and O–H groups in total. The fourth-order valence-corrected chi connectivity index (χ4v) is 1.75. The highest BCUT2D eigenvalue weighted by Gasteiger charge is 2.08. The molecule has 0 radical (unpaired) electrons. The summed E-state index contributed by atoms with van der Waals surface area (Å²) < 4.78 is 0. The minimum absolute atomic E-state index is 0.323. The van der Waals surface area contributed by atoms with E-state index in [9.17, 15) is 4.79 Å². The summed E-state index contributed by atoms with van der Waals surface area (Å²) in [6.07, 6.45) is 5.44. The molecule has 2 aromatic rings. The first-order valence-electron chi connectivity index (χ1n) is 5.51. The molecule has 5 nitrogen and oxygen atoms in total. The van der Waals surface area contributed by atoms with Gasteiger partial charge < -0.3 is 0 Å². The van der Waals surface area contributed by atoms with E-state index in [1.54, 1.807) is 18.5 Å². The van der Waals surface area contributed by atoms with Gasteiger partial charge in [-0.25, -0.2) is 10.8 Å². The van der Waals surface area contributed by atoms with Gasteiger partial charge in [-0.2, -0.15) is 0 Å². The fraction of sp³-hybridized carbons (Fsp3) is 0.250. The SMILES string of the molecule is CCCc1cncc2ccc(C(=O)NN)nc12. The number of nitrogens with zero attached hydrogens (tertiary/aromatic N) is 2. The molecular weight excluding hydrogens is 216 g/mol. The van der Waals surface area contributed by atoms with E-state index in [0.717, 1.165) is 29.3 Å². The van der Waals surface area contributed by atoms with Crippen molar-refractivity contribution in [2.75, 3.05) is 0 Å². The zero-order valence-electron chi connectivity index (χ0n) is 9.60. The van der Waals surface area contributed by atoms with Gasteiger partial charge in [0.15, 0.2) is 0 Å². The highest BCUT2D eigenvalue weighted by molar-refractivity contribution is 5.94. The number of carbonyl (C=O) groups excluding carboxylic acids is 1. The zero-order chi connectivity index (χ0) is 12.3. The average molecular weight is 230 g/mol. The van der Waals surface area contributed by atoms with E-state index in [1.807, 2.05) is 6.07 Å². The van der Waals surface area contributed by atoms with Crippen molar-refractivity contribution in [2.45, 2.75) is 19.8 Å².